The van der Waals surface area contributed by atoms with E-state index in [1.807, 2.05) is 13.8 Å². The Morgan fingerprint density at radius 2 is 1.56 bits per heavy atom. The van der Waals surface area contributed by atoms with Crippen LogP contribution in [0.25, 0.3) is 0 Å². The lowest BCUT2D eigenvalue weighted by Crippen LogP contribution is -2.54. The quantitative estimate of drug-likeness (QED) is 0.317. The maximum absolute atomic E-state index is 13.9. The lowest BCUT2D eigenvalue weighted by atomic mass is 9.54. The lowest BCUT2D eigenvalue weighted by molar-refractivity contribution is -0.196. The molecule has 1 saturated heterocycles. The molecule has 6 aliphatic carbocycles. The molecule has 6 atom stereocenters. The summed E-state index contributed by atoms with van der Waals surface area (Å²) in [6.07, 6.45) is 5.63. The summed E-state index contributed by atoms with van der Waals surface area (Å²) in [5.74, 6) is -4.79. The summed E-state index contributed by atoms with van der Waals surface area (Å²) in [7, 11) is 0. The lowest BCUT2D eigenvalue weighted by Gasteiger charge is -2.56. The van der Waals surface area contributed by atoms with Crippen LogP contribution in [0.3, 0.4) is 0 Å². The van der Waals surface area contributed by atoms with Crippen LogP contribution in [0.2, 0.25) is 0 Å². The summed E-state index contributed by atoms with van der Waals surface area (Å²) < 4.78 is 42.7. The number of fused-ring (bicyclic) bond motifs is 1. The van der Waals surface area contributed by atoms with Gasteiger partial charge in [-0.2, -0.15) is 0 Å². The highest BCUT2D eigenvalue weighted by atomic mass is 19.3. The number of rotatable bonds is 9. The number of hydrogen-bond donors (Lipinski definition) is 0. The second-order valence-electron chi connectivity index (χ2n) is 13.7. The van der Waals surface area contributed by atoms with E-state index in [0.29, 0.717) is 31.1 Å². The van der Waals surface area contributed by atoms with Crippen LogP contribution in [0.15, 0.2) is 0 Å². The fraction of sp³-hybridized carbons (Fsp3) is 0.862. The zero-order chi connectivity index (χ0) is 27.9. The van der Waals surface area contributed by atoms with Crippen molar-refractivity contribution in [2.45, 2.75) is 108 Å². The average molecular weight is 552 g/mol. The minimum absolute atomic E-state index is 0.0717. The molecule has 0 N–H and O–H groups in total. The Labute approximate surface area is 227 Å². The number of halogens is 2. The third kappa shape index (κ3) is 4.73. The van der Waals surface area contributed by atoms with E-state index in [1.54, 1.807) is 4.90 Å². The van der Waals surface area contributed by atoms with Crippen molar-refractivity contribution in [3.05, 3.63) is 0 Å². The molecule has 0 spiro atoms. The van der Waals surface area contributed by atoms with Crippen molar-refractivity contribution in [2.24, 2.45) is 41.4 Å². The largest absolute Gasteiger partial charge is 0.460 e. The van der Waals surface area contributed by atoms with Gasteiger partial charge in [0.05, 0.1) is 30.7 Å². The van der Waals surface area contributed by atoms with Crippen LogP contribution in [0, 0.1) is 41.4 Å². The van der Waals surface area contributed by atoms with Crippen LogP contribution >= 0.6 is 0 Å². The van der Waals surface area contributed by atoms with Gasteiger partial charge >= 0.3 is 17.9 Å². The van der Waals surface area contributed by atoms with Gasteiger partial charge in [0.15, 0.2) is 6.61 Å². The first-order valence-electron chi connectivity index (χ1n) is 14.6. The van der Waals surface area contributed by atoms with Crippen molar-refractivity contribution in [3.63, 3.8) is 0 Å². The van der Waals surface area contributed by atoms with E-state index in [4.69, 9.17) is 9.47 Å². The summed E-state index contributed by atoms with van der Waals surface area (Å²) in [6.45, 7) is 3.43. The van der Waals surface area contributed by atoms with E-state index in [-0.39, 0.29) is 48.6 Å². The Morgan fingerprint density at radius 1 is 0.974 bits per heavy atom. The Bertz CT molecular complexity index is 1020. The molecule has 0 radical (unpaired) electrons. The average Bonchev–Trinajstić information content (AvgIpc) is 3.42. The molecule has 8 nitrogen and oxygen atoms in total. The van der Waals surface area contributed by atoms with Crippen molar-refractivity contribution in [1.82, 2.24) is 4.90 Å². The van der Waals surface area contributed by atoms with Gasteiger partial charge in [0.1, 0.15) is 11.7 Å². The maximum atomic E-state index is 13.9. The molecular formula is C29H39F2NO7. The molecule has 7 rings (SSSR count). The van der Waals surface area contributed by atoms with E-state index in [1.165, 1.54) is 19.3 Å². The van der Waals surface area contributed by atoms with Crippen LogP contribution in [0.4, 0.5) is 8.78 Å². The van der Waals surface area contributed by atoms with Gasteiger partial charge in [0.25, 0.3) is 5.92 Å². The number of ether oxygens (including phenoxy) is 3. The smallest absolute Gasteiger partial charge is 0.310 e. The number of carbonyl (C=O) groups is 4. The number of likely N-dealkylation sites (tertiary alicyclic amines) is 1. The topological polar surface area (TPSA) is 99.2 Å². The molecule has 1 amide bonds. The first kappa shape index (κ1) is 26.9. The number of amides is 1. The molecule has 1 aliphatic heterocycles. The maximum Gasteiger partial charge on any atom is 0.310 e. The summed E-state index contributed by atoms with van der Waals surface area (Å²) >= 11 is 0. The fourth-order valence-corrected chi connectivity index (χ4v) is 9.56. The number of carbonyl (C=O) groups excluding carboxylic acids is 4. The standard InChI is InChI=1S/C29H39F2NO7/c1-14(2)32-24-18-9-19(25(24)38-21(34)5-4-20(33)37-13-28(3,30)31)23(22(18)26(32)35)27(36)39-29-10-15-6-16(11-29)8-17(7-15)12-29/h14-19,22-25H,4-13H2,1-3H3. The van der Waals surface area contributed by atoms with E-state index >= 15 is 0 Å². The highest BCUT2D eigenvalue weighted by molar-refractivity contribution is 5.90. The van der Waals surface area contributed by atoms with E-state index in [2.05, 4.69) is 4.74 Å². The molecule has 10 heteroatoms. The Kier molecular flexibility index (Phi) is 6.49. The first-order chi connectivity index (χ1) is 18.3. The Balaban J connectivity index is 1.15. The summed E-state index contributed by atoms with van der Waals surface area (Å²) in [6, 6.07) is -0.440. The second-order valence-corrected chi connectivity index (χ2v) is 13.7. The third-order valence-electron chi connectivity index (χ3n) is 10.3. The molecule has 0 aromatic carbocycles. The minimum Gasteiger partial charge on any atom is -0.460 e. The van der Waals surface area contributed by atoms with Gasteiger partial charge < -0.3 is 19.1 Å². The Morgan fingerprint density at radius 3 is 2.13 bits per heavy atom. The van der Waals surface area contributed by atoms with Crippen LogP contribution in [0.5, 0.6) is 0 Å². The molecule has 7 aliphatic rings. The monoisotopic (exact) mass is 551 g/mol. The van der Waals surface area contributed by atoms with Crippen molar-refractivity contribution < 1.29 is 42.2 Å². The van der Waals surface area contributed by atoms with Gasteiger partial charge in [-0.25, -0.2) is 8.78 Å². The van der Waals surface area contributed by atoms with Crippen LogP contribution < -0.4 is 0 Å². The summed E-state index contributed by atoms with van der Waals surface area (Å²) in [4.78, 5) is 53.9. The van der Waals surface area contributed by atoms with E-state index in [0.717, 1.165) is 19.3 Å². The van der Waals surface area contributed by atoms with E-state index < -0.39 is 48.0 Å². The van der Waals surface area contributed by atoms with Gasteiger partial charge in [-0.1, -0.05) is 0 Å². The SMILES string of the molecule is CC(C)N1C(=O)C2C3CC(C(OC(=O)CCC(=O)OCC(C)(F)F)C31)C2C(=O)OC12CC3CC(CC(C3)C1)C2. The molecule has 39 heavy (non-hydrogen) atoms. The van der Waals surface area contributed by atoms with Gasteiger partial charge in [-0.05, 0) is 82.5 Å². The molecule has 0 aromatic heterocycles. The summed E-state index contributed by atoms with van der Waals surface area (Å²) in [5, 5.41) is 0. The number of esters is 3. The van der Waals surface area contributed by atoms with Gasteiger partial charge in [0.2, 0.25) is 5.91 Å². The highest BCUT2D eigenvalue weighted by Gasteiger charge is 2.71. The fourth-order valence-electron chi connectivity index (χ4n) is 9.56. The van der Waals surface area contributed by atoms with Crippen molar-refractivity contribution >= 4 is 23.8 Å². The number of hydrogen-bond acceptors (Lipinski definition) is 7. The second kappa shape index (κ2) is 9.40. The predicted molar refractivity (Wildman–Crippen MR) is 132 cm³/mol. The van der Waals surface area contributed by atoms with Crippen molar-refractivity contribution in [1.29, 1.82) is 0 Å². The molecule has 1 heterocycles. The zero-order valence-corrected chi connectivity index (χ0v) is 22.9. The first-order valence-corrected chi connectivity index (χ1v) is 14.6. The van der Waals surface area contributed by atoms with Gasteiger partial charge in [0, 0.05) is 18.9 Å². The molecular weight excluding hydrogens is 512 g/mol. The normalized spacial score (nSPS) is 41.4. The predicted octanol–water partition coefficient (Wildman–Crippen LogP) is 3.89. The van der Waals surface area contributed by atoms with Gasteiger partial charge in [-0.3, -0.25) is 19.2 Å². The molecule has 0 aromatic rings. The van der Waals surface area contributed by atoms with E-state index in [9.17, 15) is 28.0 Å². The van der Waals surface area contributed by atoms with Crippen LogP contribution in [0.1, 0.15) is 78.6 Å². The van der Waals surface area contributed by atoms with Gasteiger partial charge in [-0.15, -0.1) is 0 Å². The molecule has 6 unspecified atom stereocenters. The highest BCUT2D eigenvalue weighted by Crippen LogP contribution is 2.62. The van der Waals surface area contributed by atoms with Crippen molar-refractivity contribution in [2.75, 3.05) is 6.61 Å². The third-order valence-corrected chi connectivity index (χ3v) is 10.3. The zero-order valence-electron chi connectivity index (χ0n) is 22.9. The molecule has 6 saturated carbocycles. The number of nitrogens with zero attached hydrogens (tertiary/aromatic N) is 1. The molecule has 216 valence electrons. The van der Waals surface area contributed by atoms with Crippen LogP contribution in [-0.4, -0.2) is 65.0 Å². The molecule has 7 fully saturated rings. The Hall–Kier alpha value is -2.26. The summed E-state index contributed by atoms with van der Waals surface area (Å²) in [5.41, 5.74) is -0.422. The van der Waals surface area contributed by atoms with Crippen molar-refractivity contribution in [3.8, 4) is 0 Å². The number of alkyl halides is 2. The minimum atomic E-state index is -3.15. The van der Waals surface area contributed by atoms with Crippen LogP contribution in [-0.2, 0) is 33.4 Å². The molecule has 6 bridgehead atoms.